The molecule has 1 aliphatic heterocycles. The molecule has 180 valence electrons. The lowest BCUT2D eigenvalue weighted by Gasteiger charge is -2.10. The Morgan fingerprint density at radius 1 is 1.29 bits per heavy atom. The zero-order chi connectivity index (χ0) is 24.6. The standard InChI is InChI=1S/C19H15F3N10O2S/c1-7-9(4-25-30(7)2)8-3-11(19(20,21)22)26-18-12(8)14-15(35-18)17-27-16(29-31(17)6-23-14)13-10(32(33)34)5-24-28-13/h3-4,6,10,13,24,28H,5H2,1-2H3. The number of hydrogen-bond donors (Lipinski definition) is 2. The number of aromatic nitrogens is 7. The van der Waals surface area contributed by atoms with Crippen LogP contribution in [0.15, 0.2) is 18.6 Å². The van der Waals surface area contributed by atoms with Gasteiger partial charge in [-0.2, -0.15) is 18.3 Å². The number of pyridine rings is 1. The molecule has 12 nitrogen and oxygen atoms in total. The van der Waals surface area contributed by atoms with Gasteiger partial charge in [0.1, 0.15) is 21.6 Å². The number of aryl methyl sites for hydroxylation is 1. The summed E-state index contributed by atoms with van der Waals surface area (Å²) in [4.78, 5) is 24.0. The fraction of sp³-hybridized carbons (Fsp3) is 0.316. The van der Waals surface area contributed by atoms with Crippen molar-refractivity contribution in [3.05, 3.63) is 45.9 Å². The summed E-state index contributed by atoms with van der Waals surface area (Å²) in [6.07, 6.45) is -1.75. The lowest BCUT2D eigenvalue weighted by Crippen LogP contribution is -2.30. The van der Waals surface area contributed by atoms with Gasteiger partial charge in [0.2, 0.25) is 6.04 Å². The molecule has 0 saturated carbocycles. The third-order valence-electron chi connectivity index (χ3n) is 6.10. The van der Waals surface area contributed by atoms with E-state index in [1.807, 2.05) is 0 Å². The minimum absolute atomic E-state index is 0.0989. The Bertz CT molecular complexity index is 1660. The van der Waals surface area contributed by atoms with Crippen LogP contribution < -0.4 is 10.9 Å². The van der Waals surface area contributed by atoms with E-state index in [0.717, 1.165) is 17.4 Å². The van der Waals surface area contributed by atoms with Crippen LogP contribution in [-0.4, -0.2) is 51.9 Å². The molecule has 2 unspecified atom stereocenters. The second-order valence-electron chi connectivity index (χ2n) is 8.12. The third-order valence-corrected chi connectivity index (χ3v) is 7.17. The van der Waals surface area contributed by atoms with E-state index in [2.05, 4.69) is 36.0 Å². The van der Waals surface area contributed by atoms with Crippen LogP contribution in [0.4, 0.5) is 13.2 Å². The fourth-order valence-electron chi connectivity index (χ4n) is 4.22. The Kier molecular flexibility index (Phi) is 4.58. The van der Waals surface area contributed by atoms with Gasteiger partial charge in [0.05, 0.1) is 18.3 Å². The molecule has 0 bridgehead atoms. The molecular formula is C19H15F3N10O2S. The molecule has 2 N–H and O–H groups in total. The van der Waals surface area contributed by atoms with Gasteiger partial charge in [-0.25, -0.2) is 30.3 Å². The summed E-state index contributed by atoms with van der Waals surface area (Å²) in [5, 5.41) is 20.3. The highest BCUT2D eigenvalue weighted by atomic mass is 32.1. The first-order valence-electron chi connectivity index (χ1n) is 10.3. The SMILES string of the molecule is Cc1c(-c2cc(C(F)(F)F)nc3sc4c(ncn5nc(C6NNCC6[N+](=O)[O-])nc45)c23)cnn1C. The molecule has 35 heavy (non-hydrogen) atoms. The number of thiophene rings is 1. The van der Waals surface area contributed by atoms with Crippen LogP contribution in [0.25, 0.3) is 37.2 Å². The number of nitrogens with one attached hydrogen (secondary N) is 2. The Morgan fingerprint density at radius 3 is 2.77 bits per heavy atom. The van der Waals surface area contributed by atoms with Gasteiger partial charge in [0.25, 0.3) is 0 Å². The number of fused-ring (bicyclic) bond motifs is 5. The quantitative estimate of drug-likeness (QED) is 0.280. The van der Waals surface area contributed by atoms with Crippen molar-refractivity contribution >= 4 is 37.4 Å². The molecule has 2 atom stereocenters. The van der Waals surface area contributed by atoms with Crippen molar-refractivity contribution in [1.29, 1.82) is 0 Å². The normalized spacial score (nSPS) is 18.9. The van der Waals surface area contributed by atoms with Gasteiger partial charge in [0.15, 0.2) is 17.5 Å². The highest BCUT2D eigenvalue weighted by Crippen LogP contribution is 2.43. The van der Waals surface area contributed by atoms with Gasteiger partial charge in [-0.3, -0.25) is 14.8 Å². The summed E-state index contributed by atoms with van der Waals surface area (Å²) < 4.78 is 44.6. The van der Waals surface area contributed by atoms with E-state index in [9.17, 15) is 23.3 Å². The van der Waals surface area contributed by atoms with Crippen LogP contribution in [0.2, 0.25) is 0 Å². The number of nitrogens with zero attached hydrogens (tertiary/aromatic N) is 8. The molecule has 0 amide bonds. The molecule has 16 heteroatoms. The van der Waals surface area contributed by atoms with Crippen LogP contribution in [-0.2, 0) is 13.2 Å². The molecular weight excluding hydrogens is 489 g/mol. The van der Waals surface area contributed by atoms with Crippen molar-refractivity contribution in [1.82, 2.24) is 45.2 Å². The van der Waals surface area contributed by atoms with Crippen molar-refractivity contribution in [2.75, 3.05) is 6.54 Å². The number of hydrazine groups is 1. The summed E-state index contributed by atoms with van der Waals surface area (Å²) >= 11 is 1.01. The molecule has 6 heterocycles. The largest absolute Gasteiger partial charge is 0.433 e. The molecule has 1 saturated heterocycles. The monoisotopic (exact) mass is 504 g/mol. The number of hydrogen-bond acceptors (Lipinski definition) is 10. The summed E-state index contributed by atoms with van der Waals surface area (Å²) in [5.74, 6) is 0.177. The van der Waals surface area contributed by atoms with Crippen LogP contribution in [0.3, 0.4) is 0 Å². The molecule has 5 aromatic heterocycles. The summed E-state index contributed by atoms with van der Waals surface area (Å²) in [6.45, 7) is 1.86. The van der Waals surface area contributed by atoms with Gasteiger partial charge >= 0.3 is 6.18 Å². The zero-order valence-electron chi connectivity index (χ0n) is 18.0. The van der Waals surface area contributed by atoms with Gasteiger partial charge in [-0.05, 0) is 18.6 Å². The van der Waals surface area contributed by atoms with Gasteiger partial charge in [0, 0.05) is 28.6 Å². The molecule has 6 rings (SSSR count). The molecule has 1 fully saturated rings. The third kappa shape index (κ3) is 3.24. The summed E-state index contributed by atoms with van der Waals surface area (Å²) in [6, 6.07) is -0.748. The first-order chi connectivity index (χ1) is 16.6. The Morgan fingerprint density at radius 2 is 2.09 bits per heavy atom. The maximum Gasteiger partial charge on any atom is 0.433 e. The molecule has 1 aliphatic rings. The summed E-state index contributed by atoms with van der Waals surface area (Å²) in [7, 11) is 1.71. The fourth-order valence-corrected chi connectivity index (χ4v) is 5.35. The maximum absolute atomic E-state index is 13.7. The van der Waals surface area contributed by atoms with Crippen molar-refractivity contribution in [2.24, 2.45) is 7.05 Å². The predicted molar refractivity (Wildman–Crippen MR) is 118 cm³/mol. The lowest BCUT2D eigenvalue weighted by atomic mass is 10.0. The number of alkyl halides is 3. The van der Waals surface area contributed by atoms with Crippen molar-refractivity contribution in [2.45, 2.75) is 25.2 Å². The first kappa shape index (κ1) is 21.8. The van der Waals surface area contributed by atoms with E-state index in [1.54, 1.807) is 18.7 Å². The van der Waals surface area contributed by atoms with E-state index in [0.29, 0.717) is 38.1 Å². The minimum atomic E-state index is -4.65. The second kappa shape index (κ2) is 7.37. The average Bonchev–Trinajstić information content (AvgIpc) is 3.57. The second-order valence-corrected chi connectivity index (χ2v) is 9.12. The first-order valence-corrected chi connectivity index (χ1v) is 11.1. The van der Waals surface area contributed by atoms with Crippen molar-refractivity contribution in [3.63, 3.8) is 0 Å². The average molecular weight is 504 g/mol. The molecule has 0 aromatic carbocycles. The summed E-state index contributed by atoms with van der Waals surface area (Å²) in [5.41, 5.74) is 6.79. The van der Waals surface area contributed by atoms with Crippen LogP contribution in [0.1, 0.15) is 23.3 Å². The van der Waals surface area contributed by atoms with E-state index in [-0.39, 0.29) is 17.2 Å². The van der Waals surface area contributed by atoms with Gasteiger partial charge in [-0.15, -0.1) is 16.4 Å². The van der Waals surface area contributed by atoms with Crippen LogP contribution in [0, 0.1) is 17.0 Å². The van der Waals surface area contributed by atoms with Crippen LogP contribution >= 0.6 is 11.3 Å². The van der Waals surface area contributed by atoms with Crippen molar-refractivity contribution < 1.29 is 18.1 Å². The Labute approximate surface area is 196 Å². The maximum atomic E-state index is 13.7. The molecule has 0 spiro atoms. The Hall–Kier alpha value is -3.76. The number of nitro groups is 1. The van der Waals surface area contributed by atoms with Gasteiger partial charge in [-0.1, -0.05) is 0 Å². The molecule has 5 aromatic rings. The topological polar surface area (TPSA) is 141 Å². The lowest BCUT2D eigenvalue weighted by molar-refractivity contribution is -0.521. The highest BCUT2D eigenvalue weighted by Gasteiger charge is 2.40. The minimum Gasteiger partial charge on any atom is -0.272 e. The van der Waals surface area contributed by atoms with E-state index in [1.165, 1.54) is 17.0 Å². The smallest absolute Gasteiger partial charge is 0.272 e. The van der Waals surface area contributed by atoms with E-state index < -0.39 is 28.9 Å². The molecule has 0 aliphatic carbocycles. The Balaban J connectivity index is 1.63. The van der Waals surface area contributed by atoms with Gasteiger partial charge < -0.3 is 0 Å². The van der Waals surface area contributed by atoms with Crippen LogP contribution in [0.5, 0.6) is 0 Å². The highest BCUT2D eigenvalue weighted by molar-refractivity contribution is 7.26. The predicted octanol–water partition coefficient (Wildman–Crippen LogP) is 2.41. The van der Waals surface area contributed by atoms with E-state index in [4.69, 9.17) is 0 Å². The number of halogens is 3. The van der Waals surface area contributed by atoms with E-state index >= 15 is 0 Å². The zero-order valence-corrected chi connectivity index (χ0v) is 18.8. The number of rotatable bonds is 3. The molecule has 0 radical (unpaired) electrons. The van der Waals surface area contributed by atoms with Crippen molar-refractivity contribution in [3.8, 4) is 11.1 Å².